The summed E-state index contributed by atoms with van der Waals surface area (Å²) < 4.78 is 55.6. The van der Waals surface area contributed by atoms with Crippen molar-refractivity contribution in [3.8, 4) is 0 Å². The molecule has 1 saturated carbocycles. The van der Waals surface area contributed by atoms with Gasteiger partial charge in [-0.15, -0.1) is 0 Å². The summed E-state index contributed by atoms with van der Waals surface area (Å²) in [6, 6.07) is 4.47. The summed E-state index contributed by atoms with van der Waals surface area (Å²) >= 11 is 0. The summed E-state index contributed by atoms with van der Waals surface area (Å²) in [7, 11) is 0. The second kappa shape index (κ2) is 7.37. The molecular formula is C21H20F4N4O. The van der Waals surface area contributed by atoms with E-state index in [4.69, 9.17) is 0 Å². The Morgan fingerprint density at radius 3 is 2.57 bits per heavy atom. The van der Waals surface area contributed by atoms with Crippen molar-refractivity contribution in [1.29, 1.82) is 0 Å². The molecule has 1 atom stereocenters. The molecule has 3 aromatic rings. The first-order valence-electron chi connectivity index (χ1n) is 9.56. The van der Waals surface area contributed by atoms with Gasteiger partial charge in [-0.05, 0) is 26.7 Å². The summed E-state index contributed by atoms with van der Waals surface area (Å²) in [5.74, 6) is -0.285. The van der Waals surface area contributed by atoms with Crippen LogP contribution in [0.1, 0.15) is 49.2 Å². The third-order valence-electron chi connectivity index (χ3n) is 5.54. The highest BCUT2D eigenvalue weighted by molar-refractivity contribution is 5.88. The summed E-state index contributed by atoms with van der Waals surface area (Å²) in [4.78, 5) is 21.1. The van der Waals surface area contributed by atoms with Gasteiger partial charge >= 0.3 is 0 Å². The number of anilines is 1. The van der Waals surface area contributed by atoms with E-state index in [1.54, 1.807) is 13.8 Å². The van der Waals surface area contributed by atoms with Crippen LogP contribution in [0.25, 0.3) is 10.9 Å². The molecule has 0 unspecified atom stereocenters. The van der Waals surface area contributed by atoms with Crippen LogP contribution in [0.15, 0.2) is 35.3 Å². The number of aromatic nitrogens is 3. The summed E-state index contributed by atoms with van der Waals surface area (Å²) in [5.41, 5.74) is -1.43. The maximum atomic E-state index is 14.6. The molecule has 4 rings (SSSR count). The predicted octanol–water partition coefficient (Wildman–Crippen LogP) is 4.81. The van der Waals surface area contributed by atoms with Crippen molar-refractivity contribution in [1.82, 2.24) is 14.5 Å². The average Bonchev–Trinajstić information content (AvgIpc) is 3.48. The second-order valence-corrected chi connectivity index (χ2v) is 7.68. The molecule has 2 heterocycles. The molecular weight excluding hydrogens is 400 g/mol. The number of rotatable bonds is 6. The van der Waals surface area contributed by atoms with Crippen LogP contribution in [0.3, 0.4) is 0 Å². The molecule has 0 radical (unpaired) electrons. The number of benzene rings is 1. The lowest BCUT2D eigenvalue weighted by atomic mass is 10.0. The number of hydrogen-bond acceptors (Lipinski definition) is 4. The third-order valence-corrected chi connectivity index (χ3v) is 5.54. The zero-order valence-electron chi connectivity index (χ0n) is 16.4. The van der Waals surface area contributed by atoms with E-state index in [2.05, 4.69) is 15.3 Å². The van der Waals surface area contributed by atoms with Crippen molar-refractivity contribution in [3.63, 3.8) is 0 Å². The van der Waals surface area contributed by atoms with Gasteiger partial charge in [0.1, 0.15) is 24.1 Å². The summed E-state index contributed by atoms with van der Waals surface area (Å²) in [6.07, 6.45) is -0.284. The number of nitrogens with one attached hydrogen (secondary N) is 1. The minimum atomic E-state index is -2.93. The molecule has 1 aliphatic rings. The van der Waals surface area contributed by atoms with Gasteiger partial charge in [-0.3, -0.25) is 4.79 Å². The van der Waals surface area contributed by atoms with Gasteiger partial charge in [0.2, 0.25) is 0 Å². The van der Waals surface area contributed by atoms with Crippen LogP contribution in [0.2, 0.25) is 0 Å². The number of fused-ring (bicyclic) bond motifs is 1. The van der Waals surface area contributed by atoms with Crippen LogP contribution in [0.5, 0.6) is 0 Å². The molecule has 1 N–H and O–H groups in total. The summed E-state index contributed by atoms with van der Waals surface area (Å²) in [6.45, 7) is 2.61. The lowest BCUT2D eigenvalue weighted by Gasteiger charge is -2.20. The van der Waals surface area contributed by atoms with Crippen LogP contribution in [-0.4, -0.2) is 21.2 Å². The van der Waals surface area contributed by atoms with E-state index >= 15 is 0 Å². The molecule has 1 aromatic carbocycles. The van der Waals surface area contributed by atoms with E-state index in [0.717, 1.165) is 6.07 Å². The fourth-order valence-corrected chi connectivity index (χ4v) is 3.64. The van der Waals surface area contributed by atoms with Crippen molar-refractivity contribution < 1.29 is 17.6 Å². The van der Waals surface area contributed by atoms with Gasteiger partial charge in [0, 0.05) is 17.8 Å². The number of pyridine rings is 1. The zero-order chi connectivity index (χ0) is 21.6. The number of nitrogens with zero attached hydrogens (tertiary/aromatic N) is 3. The fourth-order valence-electron chi connectivity index (χ4n) is 3.64. The van der Waals surface area contributed by atoms with Crippen LogP contribution in [0.4, 0.5) is 23.4 Å². The van der Waals surface area contributed by atoms with Gasteiger partial charge in [-0.1, -0.05) is 18.2 Å². The first kappa shape index (κ1) is 20.3. The van der Waals surface area contributed by atoms with Crippen molar-refractivity contribution in [2.24, 2.45) is 0 Å². The minimum absolute atomic E-state index is 0.0629. The monoisotopic (exact) mass is 420 g/mol. The number of halogens is 4. The van der Waals surface area contributed by atoms with Gasteiger partial charge in [-0.2, -0.15) is 0 Å². The minimum Gasteiger partial charge on any atom is -0.363 e. The molecule has 0 bridgehead atoms. The molecule has 9 heteroatoms. The fraction of sp³-hybridized carbons (Fsp3) is 0.381. The van der Waals surface area contributed by atoms with Crippen molar-refractivity contribution in [3.05, 3.63) is 63.6 Å². The van der Waals surface area contributed by atoms with Gasteiger partial charge in [-0.25, -0.2) is 27.5 Å². The second-order valence-electron chi connectivity index (χ2n) is 7.68. The molecule has 0 amide bonds. The SMILES string of the molecule is Cc1nc(N[C@H](C)c2cccc(C(F)F)c2F)c2cn(C3(CF)CC3)c(=O)cc2n1. The zero-order valence-corrected chi connectivity index (χ0v) is 16.4. The van der Waals surface area contributed by atoms with Gasteiger partial charge < -0.3 is 9.88 Å². The van der Waals surface area contributed by atoms with Crippen LogP contribution in [0, 0.1) is 12.7 Å². The van der Waals surface area contributed by atoms with E-state index in [-0.39, 0.29) is 11.1 Å². The highest BCUT2D eigenvalue weighted by Crippen LogP contribution is 2.43. The smallest absolute Gasteiger partial charge is 0.266 e. The van der Waals surface area contributed by atoms with Crippen molar-refractivity contribution in [2.75, 3.05) is 12.0 Å². The Hall–Kier alpha value is -2.97. The van der Waals surface area contributed by atoms with E-state index in [1.165, 1.54) is 29.0 Å². The summed E-state index contributed by atoms with van der Waals surface area (Å²) in [5, 5.41) is 3.51. The van der Waals surface area contributed by atoms with Crippen molar-refractivity contribution in [2.45, 2.75) is 44.7 Å². The van der Waals surface area contributed by atoms with Crippen molar-refractivity contribution >= 4 is 16.7 Å². The van der Waals surface area contributed by atoms with E-state index in [1.807, 2.05) is 0 Å². The topological polar surface area (TPSA) is 59.8 Å². The number of alkyl halides is 3. The Morgan fingerprint density at radius 2 is 1.93 bits per heavy atom. The largest absolute Gasteiger partial charge is 0.363 e. The van der Waals surface area contributed by atoms with Gasteiger partial charge in [0.25, 0.3) is 12.0 Å². The quantitative estimate of drug-likeness (QED) is 0.582. The van der Waals surface area contributed by atoms with Crippen LogP contribution >= 0.6 is 0 Å². The first-order chi connectivity index (χ1) is 14.3. The third kappa shape index (κ3) is 3.42. The molecule has 5 nitrogen and oxygen atoms in total. The lowest BCUT2D eigenvalue weighted by Crippen LogP contribution is -2.31. The number of hydrogen-bond donors (Lipinski definition) is 1. The number of aryl methyl sites for hydroxylation is 1. The molecule has 1 aliphatic carbocycles. The van der Waals surface area contributed by atoms with E-state index in [0.29, 0.717) is 35.4 Å². The maximum absolute atomic E-state index is 14.6. The molecule has 0 saturated heterocycles. The Kier molecular flexibility index (Phi) is 4.99. The first-order valence-corrected chi connectivity index (χ1v) is 9.56. The van der Waals surface area contributed by atoms with E-state index in [9.17, 15) is 22.4 Å². The van der Waals surface area contributed by atoms with Gasteiger partial charge in [0.05, 0.1) is 28.0 Å². The normalized spacial score (nSPS) is 16.1. The Labute approximate surface area is 169 Å². The molecule has 30 heavy (non-hydrogen) atoms. The Bertz CT molecular complexity index is 1170. The van der Waals surface area contributed by atoms with Crippen LogP contribution in [-0.2, 0) is 5.54 Å². The van der Waals surface area contributed by atoms with Gasteiger partial charge in [0.15, 0.2) is 0 Å². The Balaban J connectivity index is 1.78. The molecule has 158 valence electrons. The molecule has 0 aliphatic heterocycles. The van der Waals surface area contributed by atoms with Crippen LogP contribution < -0.4 is 10.9 Å². The van der Waals surface area contributed by atoms with E-state index < -0.39 is 36.1 Å². The average molecular weight is 420 g/mol. The maximum Gasteiger partial charge on any atom is 0.266 e. The molecule has 0 spiro atoms. The standard InChI is InChI=1S/C21H20F4N4O/c1-11(13-4-3-5-14(18(13)23)19(24)25)26-20-15-9-29(21(10-22)6-7-21)17(30)8-16(15)27-12(2)28-20/h3-5,8-9,11,19H,6-7,10H2,1-2H3,(H,26,27,28)/t11-/m1/s1. The Morgan fingerprint density at radius 1 is 1.23 bits per heavy atom. The molecule has 1 fully saturated rings. The predicted molar refractivity (Wildman–Crippen MR) is 105 cm³/mol. The molecule has 2 aromatic heterocycles. The highest BCUT2D eigenvalue weighted by Gasteiger charge is 2.45. The lowest BCUT2D eigenvalue weighted by molar-refractivity contribution is 0.146. The highest BCUT2D eigenvalue weighted by atomic mass is 19.3.